The first-order valence-electron chi connectivity index (χ1n) is 20.4. The van der Waals surface area contributed by atoms with Gasteiger partial charge < -0.3 is 59.3 Å². The molecule has 3 saturated heterocycles. The molecule has 1 aromatic carbocycles. The van der Waals surface area contributed by atoms with Crippen LogP contribution in [-0.2, 0) is 20.7 Å². The van der Waals surface area contributed by atoms with Gasteiger partial charge in [0.05, 0.1) is 25.1 Å². The van der Waals surface area contributed by atoms with Gasteiger partial charge in [-0.1, -0.05) is 53.5 Å². The highest BCUT2D eigenvalue weighted by molar-refractivity contribution is 8.77. The lowest BCUT2D eigenvalue weighted by molar-refractivity contribution is -0.424. The lowest BCUT2D eigenvalue weighted by atomic mass is 9.50. The molecule has 1 aromatic heterocycles. The molecule has 2 aromatic rings. The second-order valence-electron chi connectivity index (χ2n) is 16.9. The van der Waals surface area contributed by atoms with E-state index in [-0.39, 0.29) is 67.4 Å². The highest BCUT2D eigenvalue weighted by atomic mass is 33.1. The molecular formula is C41H57NO12S2. The Morgan fingerprint density at radius 2 is 1.95 bits per heavy atom. The lowest BCUT2D eigenvalue weighted by Crippen LogP contribution is -2.86. The smallest absolute Gasteiger partial charge is 0.306 e. The maximum absolute atomic E-state index is 13.2. The monoisotopic (exact) mass is 819 g/mol. The molecule has 13 nitrogen and oxygen atoms in total. The van der Waals surface area contributed by atoms with Gasteiger partial charge in [-0.2, -0.15) is 0 Å². The number of fused-ring (bicyclic) bond motifs is 14. The fourth-order valence-electron chi connectivity index (χ4n) is 10.9. The second kappa shape index (κ2) is 16.2. The summed E-state index contributed by atoms with van der Waals surface area (Å²) in [6.07, 6.45) is 3.56. The molecule has 2 saturated carbocycles. The summed E-state index contributed by atoms with van der Waals surface area (Å²) in [4.78, 5) is 12.7. The Balaban J connectivity index is 1.33. The quantitative estimate of drug-likeness (QED) is 0.131. The number of aliphatic hydroxyl groups excluding tert-OH is 4. The van der Waals surface area contributed by atoms with Crippen molar-refractivity contribution in [3.05, 3.63) is 36.1 Å². The van der Waals surface area contributed by atoms with Gasteiger partial charge in [0.15, 0.2) is 16.9 Å². The molecule has 1 spiro atoms. The molecule has 5 fully saturated rings. The van der Waals surface area contributed by atoms with E-state index in [4.69, 9.17) is 23.4 Å². The van der Waals surface area contributed by atoms with Crippen molar-refractivity contribution in [2.45, 2.75) is 124 Å². The molecule has 7 bridgehead atoms. The van der Waals surface area contributed by atoms with E-state index < -0.39 is 71.7 Å². The standard InChI is InChI=1S/C41H57NO12S2/c1-3-50-32(46)12-9-24-17-25-13-15-51-34(25)36-35(24)53-38-41(49)33-26(7-10-29(44)27(33)20-43)19-39(48,37(41)47)40(54-38)21-55-56-30-11-8-23(18-28(30)42-14-16-52-36)22(2)5-4-6-31(40)45/h7,10,13,15,17,22-23,26-31,33,37-38,42-45,47-49H,3-6,8-9,11-12,14,16,18-21H2,1-2H3/t22-,23+,26+,27+,28+,29-,30-,31+,33+,37+,38-,39+,40-,41-/m1/s1. The van der Waals surface area contributed by atoms with Crippen LogP contribution < -0.4 is 14.8 Å². The fraction of sp³-hybridized carbons (Fsp3) is 0.732. The van der Waals surface area contributed by atoms with Crippen molar-refractivity contribution >= 4 is 38.5 Å². The highest BCUT2D eigenvalue weighted by Crippen LogP contribution is 2.61. The largest absolute Gasteiger partial charge is 0.485 e. The molecule has 0 unspecified atom stereocenters. The third-order valence-corrected chi connectivity index (χ3v) is 16.9. The molecule has 0 amide bonds. The summed E-state index contributed by atoms with van der Waals surface area (Å²) in [5.41, 5.74) is -5.57. The fourth-order valence-corrected chi connectivity index (χ4v) is 14.3. The van der Waals surface area contributed by atoms with Crippen LogP contribution in [0.15, 0.2) is 35.0 Å². The van der Waals surface area contributed by atoms with Gasteiger partial charge in [0.1, 0.15) is 23.9 Å². The van der Waals surface area contributed by atoms with E-state index in [0.29, 0.717) is 41.3 Å². The maximum Gasteiger partial charge on any atom is 0.306 e. The van der Waals surface area contributed by atoms with Crippen molar-refractivity contribution in [3.63, 3.8) is 0 Å². The molecular weight excluding hydrogens is 763 g/mol. The van der Waals surface area contributed by atoms with Crippen molar-refractivity contribution in [1.82, 2.24) is 5.32 Å². The zero-order valence-electron chi connectivity index (χ0n) is 32.1. The minimum absolute atomic E-state index is 0.000165. The number of carbonyl (C=O) groups excluding carboxylic acids is 1. The predicted octanol–water partition coefficient (Wildman–Crippen LogP) is 3.48. The van der Waals surface area contributed by atoms with Gasteiger partial charge in [-0.15, -0.1) is 0 Å². The predicted molar refractivity (Wildman–Crippen MR) is 210 cm³/mol. The third kappa shape index (κ3) is 6.79. The Bertz CT molecular complexity index is 1760. The first kappa shape index (κ1) is 40.7. The van der Waals surface area contributed by atoms with Gasteiger partial charge in [-0.05, 0) is 80.9 Å². The van der Waals surface area contributed by atoms with Gasteiger partial charge in [0.25, 0.3) is 0 Å². The number of furan rings is 1. The van der Waals surface area contributed by atoms with E-state index in [2.05, 4.69) is 12.2 Å². The molecule has 7 aliphatic rings. The number of rotatable bonds is 5. The van der Waals surface area contributed by atoms with Crippen molar-refractivity contribution in [2.24, 2.45) is 29.6 Å². The first-order valence-corrected chi connectivity index (χ1v) is 22.8. The number of benzene rings is 1. The van der Waals surface area contributed by atoms with E-state index in [1.165, 1.54) is 17.1 Å². The summed E-state index contributed by atoms with van der Waals surface area (Å²) in [5, 5.41) is 78.0. The van der Waals surface area contributed by atoms with E-state index in [1.54, 1.807) is 35.9 Å². The average molecular weight is 820 g/mol. The topological polar surface area (TPSA) is 201 Å². The number of carbonyl (C=O) groups is 1. The molecule has 9 rings (SSSR count). The number of nitrogens with one attached hydrogen (secondary N) is 1. The Kier molecular flexibility index (Phi) is 11.8. The van der Waals surface area contributed by atoms with E-state index in [0.717, 1.165) is 25.7 Å². The first-order chi connectivity index (χ1) is 26.9. The molecule has 15 heteroatoms. The van der Waals surface area contributed by atoms with Crippen molar-refractivity contribution in [1.29, 1.82) is 0 Å². The number of aryl methyl sites for hydroxylation is 1. The second-order valence-corrected chi connectivity index (χ2v) is 19.5. The van der Waals surface area contributed by atoms with Gasteiger partial charge in [-0.3, -0.25) is 4.79 Å². The van der Waals surface area contributed by atoms with E-state index in [9.17, 15) is 35.4 Å². The number of hydrogen-bond acceptors (Lipinski definition) is 15. The van der Waals surface area contributed by atoms with Gasteiger partial charge >= 0.3 is 5.97 Å². The van der Waals surface area contributed by atoms with Crippen LogP contribution >= 0.6 is 21.6 Å². The summed E-state index contributed by atoms with van der Waals surface area (Å²) in [6.45, 7) is 4.44. The zero-order chi connectivity index (χ0) is 39.4. The molecule has 3 aliphatic carbocycles. The van der Waals surface area contributed by atoms with Crippen LogP contribution in [0.25, 0.3) is 11.0 Å². The molecule has 5 heterocycles. The molecule has 7 N–H and O–H groups in total. The van der Waals surface area contributed by atoms with Gasteiger partial charge in [-0.25, -0.2) is 0 Å². The van der Waals surface area contributed by atoms with Crippen molar-refractivity contribution < 1.29 is 58.8 Å². The number of esters is 1. The van der Waals surface area contributed by atoms with Crippen LogP contribution in [0.4, 0.5) is 0 Å². The summed E-state index contributed by atoms with van der Waals surface area (Å²) in [7, 11) is 3.18. The van der Waals surface area contributed by atoms with Crippen LogP contribution in [0, 0.1) is 29.6 Å². The maximum atomic E-state index is 13.2. The highest BCUT2D eigenvalue weighted by Gasteiger charge is 2.78. The summed E-state index contributed by atoms with van der Waals surface area (Å²) >= 11 is 0. The lowest BCUT2D eigenvalue weighted by Gasteiger charge is -2.67. The molecule has 4 aliphatic heterocycles. The molecule has 56 heavy (non-hydrogen) atoms. The summed E-state index contributed by atoms with van der Waals surface area (Å²) in [6, 6.07) is 3.77. The van der Waals surface area contributed by atoms with Crippen LogP contribution in [-0.4, -0.2) is 121 Å². The van der Waals surface area contributed by atoms with E-state index >= 15 is 0 Å². The van der Waals surface area contributed by atoms with Crippen LogP contribution in [0.1, 0.15) is 70.8 Å². The number of aliphatic hydroxyl groups is 6. The average Bonchev–Trinajstić information content (AvgIpc) is 3.65. The Labute approximate surface area is 335 Å². The third-order valence-electron chi connectivity index (χ3n) is 13.9. The summed E-state index contributed by atoms with van der Waals surface area (Å²) < 4.78 is 31.8. The van der Waals surface area contributed by atoms with Gasteiger partial charge in [0, 0.05) is 53.8 Å². The number of ether oxygens (including phenoxy) is 4. The van der Waals surface area contributed by atoms with Crippen LogP contribution in [0.2, 0.25) is 0 Å². The molecule has 14 atom stereocenters. The number of hydrogen-bond donors (Lipinski definition) is 7. The SMILES string of the molecule is CCOC(=O)CCc1cc2ccoc2c2c1O[C@@H]1O[C@@]3(CSS[C@@H]4CC[C@@H](C[C@@H]4NCCO2)[C@H](C)CCC[C@@H]3O)[C@]2(O)C[C@@H]3C=C[C@@H](O)[C@H](CO)[C@H]3[C@@]1(O)[C@H]2O. The Hall–Kier alpha value is -2.05. The van der Waals surface area contributed by atoms with Crippen molar-refractivity contribution in [3.8, 4) is 11.5 Å². The summed E-state index contributed by atoms with van der Waals surface area (Å²) in [5.74, 6) is -1.77. The number of allylic oxidation sites excluding steroid dienone is 1. The van der Waals surface area contributed by atoms with Crippen molar-refractivity contribution in [2.75, 3.05) is 32.1 Å². The zero-order valence-corrected chi connectivity index (χ0v) is 33.7. The Morgan fingerprint density at radius 3 is 2.75 bits per heavy atom. The Morgan fingerprint density at radius 1 is 1.11 bits per heavy atom. The minimum Gasteiger partial charge on any atom is -0.485 e. The molecule has 310 valence electrons. The van der Waals surface area contributed by atoms with Crippen LogP contribution in [0.5, 0.6) is 11.5 Å². The normalized spacial score (nSPS) is 42.6. The van der Waals surface area contributed by atoms with Gasteiger partial charge in [0.2, 0.25) is 12.0 Å². The van der Waals surface area contributed by atoms with E-state index in [1.807, 2.05) is 6.07 Å². The minimum atomic E-state index is -2.43. The molecule has 0 radical (unpaired) electrons. The van der Waals surface area contributed by atoms with Crippen LogP contribution in [0.3, 0.4) is 0 Å².